The molecule has 1 aliphatic carbocycles. The van der Waals surface area contributed by atoms with Crippen LogP contribution in [-0.4, -0.2) is 16.1 Å². The molecule has 1 fully saturated rings. The summed E-state index contributed by atoms with van der Waals surface area (Å²) in [6.45, 7) is 0. The van der Waals surface area contributed by atoms with Crippen molar-refractivity contribution in [3.8, 4) is 11.5 Å². The molecule has 0 radical (unpaired) electrons. The zero-order valence-corrected chi connectivity index (χ0v) is 13.4. The Morgan fingerprint density at radius 2 is 1.71 bits per heavy atom. The average molecular weight is 321 g/mol. The topological polar surface area (TPSA) is 63.3 Å². The summed E-state index contributed by atoms with van der Waals surface area (Å²) in [4.78, 5) is 16.8. The number of aliphatic carboxylic acids is 1. The van der Waals surface area contributed by atoms with Crippen LogP contribution < -0.4 is 0 Å². The number of carboxylic acids is 1. The van der Waals surface area contributed by atoms with Crippen molar-refractivity contribution in [1.82, 2.24) is 4.98 Å². The minimum absolute atomic E-state index is 0.498. The lowest BCUT2D eigenvalue weighted by atomic mass is 9.68. The summed E-state index contributed by atoms with van der Waals surface area (Å²) in [5.74, 6) is -0.247. The van der Waals surface area contributed by atoms with E-state index in [4.69, 9.17) is 4.42 Å². The molecule has 0 spiro atoms. The minimum atomic E-state index is -0.838. The smallest absolute Gasteiger partial charge is 0.314 e. The van der Waals surface area contributed by atoms with Gasteiger partial charge in [-0.2, -0.15) is 0 Å². The van der Waals surface area contributed by atoms with Gasteiger partial charge in [0.1, 0.15) is 5.52 Å². The molecule has 1 N–H and O–H groups in total. The van der Waals surface area contributed by atoms with Gasteiger partial charge < -0.3 is 9.52 Å². The maximum atomic E-state index is 12.2. The molecular formula is C20H19NO3. The number of benzene rings is 2. The number of carbonyl (C=O) groups is 1. The number of hydrogen-bond acceptors (Lipinski definition) is 3. The summed E-state index contributed by atoms with van der Waals surface area (Å²) in [6.07, 6.45) is 4.31. The third-order valence-electron chi connectivity index (χ3n) is 5.08. The molecule has 0 bridgehead atoms. The largest absolute Gasteiger partial charge is 0.481 e. The van der Waals surface area contributed by atoms with Gasteiger partial charge in [0.25, 0.3) is 0 Å². The van der Waals surface area contributed by atoms with Gasteiger partial charge in [-0.15, -0.1) is 0 Å². The monoisotopic (exact) mass is 321 g/mol. The van der Waals surface area contributed by atoms with E-state index in [2.05, 4.69) is 4.98 Å². The zero-order valence-electron chi connectivity index (χ0n) is 13.4. The van der Waals surface area contributed by atoms with E-state index in [1.54, 1.807) is 0 Å². The van der Waals surface area contributed by atoms with Crippen molar-refractivity contribution in [1.29, 1.82) is 0 Å². The Balaban J connectivity index is 1.90. The quantitative estimate of drug-likeness (QED) is 0.754. The van der Waals surface area contributed by atoms with Gasteiger partial charge in [0.2, 0.25) is 5.89 Å². The van der Waals surface area contributed by atoms with E-state index in [0.29, 0.717) is 18.7 Å². The van der Waals surface area contributed by atoms with E-state index >= 15 is 0 Å². The van der Waals surface area contributed by atoms with E-state index in [1.165, 1.54) is 0 Å². The zero-order chi connectivity index (χ0) is 16.6. The van der Waals surface area contributed by atoms with Gasteiger partial charge in [-0.3, -0.25) is 4.79 Å². The van der Waals surface area contributed by atoms with Crippen LogP contribution >= 0.6 is 0 Å². The van der Waals surface area contributed by atoms with Crippen molar-refractivity contribution >= 4 is 17.1 Å². The second-order valence-corrected chi connectivity index (χ2v) is 6.48. The first kappa shape index (κ1) is 14.9. The first-order valence-electron chi connectivity index (χ1n) is 8.40. The Bertz CT molecular complexity index is 858. The summed E-state index contributed by atoms with van der Waals surface area (Å²) in [5, 5.41) is 10.0. The number of nitrogens with zero attached hydrogens (tertiary/aromatic N) is 1. The predicted octanol–water partition coefficient (Wildman–Crippen LogP) is 4.78. The first-order chi connectivity index (χ1) is 11.7. The summed E-state index contributed by atoms with van der Waals surface area (Å²) in [7, 11) is 0. The van der Waals surface area contributed by atoms with E-state index in [-0.39, 0.29) is 0 Å². The van der Waals surface area contributed by atoms with Crippen molar-refractivity contribution in [3.63, 3.8) is 0 Å². The van der Waals surface area contributed by atoms with Gasteiger partial charge in [-0.05, 0) is 36.6 Å². The Hall–Kier alpha value is -2.62. The number of rotatable bonds is 3. The fourth-order valence-corrected chi connectivity index (χ4v) is 3.83. The molecule has 4 nitrogen and oxygen atoms in total. The molecule has 0 aliphatic heterocycles. The fourth-order valence-electron chi connectivity index (χ4n) is 3.83. The van der Waals surface area contributed by atoms with Crippen LogP contribution in [0.2, 0.25) is 0 Å². The molecule has 1 aliphatic rings. The number of fused-ring (bicyclic) bond motifs is 1. The number of carboxylic acid groups (broad SMARTS) is 1. The first-order valence-corrected chi connectivity index (χ1v) is 8.40. The molecule has 4 heteroatoms. The molecule has 2 aromatic carbocycles. The lowest BCUT2D eigenvalue weighted by Crippen LogP contribution is -2.38. The Kier molecular flexibility index (Phi) is 3.60. The third-order valence-corrected chi connectivity index (χ3v) is 5.08. The van der Waals surface area contributed by atoms with Gasteiger partial charge in [0.15, 0.2) is 5.58 Å². The SMILES string of the molecule is O=C(O)C1(c2ccccc2-c2nc3ccccc3o2)CCCCC1. The molecule has 1 heterocycles. The van der Waals surface area contributed by atoms with Crippen LogP contribution in [-0.2, 0) is 10.2 Å². The lowest BCUT2D eigenvalue weighted by Gasteiger charge is -2.34. The second kappa shape index (κ2) is 5.78. The number of para-hydroxylation sites is 2. The number of aromatic nitrogens is 1. The molecule has 0 atom stereocenters. The summed E-state index contributed by atoms with van der Waals surface area (Å²) >= 11 is 0. The molecule has 1 aromatic heterocycles. The third kappa shape index (κ3) is 2.30. The molecule has 3 aromatic rings. The van der Waals surface area contributed by atoms with Crippen molar-refractivity contribution in [2.24, 2.45) is 0 Å². The van der Waals surface area contributed by atoms with Crippen LogP contribution in [0.5, 0.6) is 0 Å². The molecule has 0 amide bonds. The van der Waals surface area contributed by atoms with Crippen LogP contribution in [0.3, 0.4) is 0 Å². The van der Waals surface area contributed by atoms with Crippen LogP contribution in [0.15, 0.2) is 52.9 Å². The van der Waals surface area contributed by atoms with Crippen LogP contribution in [0.4, 0.5) is 0 Å². The molecule has 122 valence electrons. The van der Waals surface area contributed by atoms with Gasteiger partial charge in [0.05, 0.1) is 5.41 Å². The van der Waals surface area contributed by atoms with Crippen LogP contribution in [0.25, 0.3) is 22.6 Å². The standard InChI is InChI=1S/C20H19NO3/c22-19(23)20(12-6-1-7-13-20)15-9-3-2-8-14(15)18-21-16-10-4-5-11-17(16)24-18/h2-5,8-11H,1,6-7,12-13H2,(H,22,23). The van der Waals surface area contributed by atoms with Crippen molar-refractivity contribution in [2.45, 2.75) is 37.5 Å². The van der Waals surface area contributed by atoms with Gasteiger partial charge in [-0.25, -0.2) is 4.98 Å². The molecule has 0 unspecified atom stereocenters. The Morgan fingerprint density at radius 1 is 1.00 bits per heavy atom. The number of oxazole rings is 1. The van der Waals surface area contributed by atoms with Crippen molar-refractivity contribution < 1.29 is 14.3 Å². The fraction of sp³-hybridized carbons (Fsp3) is 0.300. The van der Waals surface area contributed by atoms with Gasteiger partial charge in [-0.1, -0.05) is 49.6 Å². The molecule has 24 heavy (non-hydrogen) atoms. The van der Waals surface area contributed by atoms with E-state index in [0.717, 1.165) is 41.5 Å². The number of hydrogen-bond donors (Lipinski definition) is 1. The maximum absolute atomic E-state index is 12.2. The average Bonchev–Trinajstić information content (AvgIpc) is 3.06. The lowest BCUT2D eigenvalue weighted by molar-refractivity contribution is -0.145. The Labute approximate surface area is 140 Å². The van der Waals surface area contributed by atoms with Crippen LogP contribution in [0.1, 0.15) is 37.7 Å². The Morgan fingerprint density at radius 3 is 2.46 bits per heavy atom. The van der Waals surface area contributed by atoms with Crippen LogP contribution in [0, 0.1) is 0 Å². The van der Waals surface area contributed by atoms with Crippen molar-refractivity contribution in [3.05, 3.63) is 54.1 Å². The summed E-state index contributed by atoms with van der Waals surface area (Å²) in [6, 6.07) is 15.2. The maximum Gasteiger partial charge on any atom is 0.314 e. The molecule has 0 saturated heterocycles. The molecule has 1 saturated carbocycles. The highest BCUT2D eigenvalue weighted by Crippen LogP contribution is 2.43. The van der Waals surface area contributed by atoms with E-state index in [9.17, 15) is 9.90 Å². The highest BCUT2D eigenvalue weighted by molar-refractivity contribution is 5.85. The summed E-state index contributed by atoms with van der Waals surface area (Å²) < 4.78 is 5.91. The van der Waals surface area contributed by atoms with E-state index in [1.807, 2.05) is 48.5 Å². The van der Waals surface area contributed by atoms with Gasteiger partial charge >= 0.3 is 5.97 Å². The minimum Gasteiger partial charge on any atom is -0.481 e. The van der Waals surface area contributed by atoms with Gasteiger partial charge in [0, 0.05) is 5.56 Å². The molecular weight excluding hydrogens is 302 g/mol. The highest BCUT2D eigenvalue weighted by Gasteiger charge is 2.43. The second-order valence-electron chi connectivity index (χ2n) is 6.48. The predicted molar refractivity (Wildman–Crippen MR) is 91.8 cm³/mol. The summed E-state index contributed by atoms with van der Waals surface area (Å²) in [5.41, 5.74) is 2.28. The van der Waals surface area contributed by atoms with E-state index < -0.39 is 11.4 Å². The normalized spacial score (nSPS) is 17.0. The van der Waals surface area contributed by atoms with Crippen molar-refractivity contribution in [2.75, 3.05) is 0 Å². The highest BCUT2D eigenvalue weighted by atomic mass is 16.4. The molecule has 4 rings (SSSR count).